The fraction of sp³-hybridized carbons (Fsp3) is 0.579. The lowest BCUT2D eigenvalue weighted by Gasteiger charge is -2.36. The summed E-state index contributed by atoms with van der Waals surface area (Å²) < 4.78 is 10.5. The number of carbonyl (C=O) groups excluding carboxylic acids is 2. The van der Waals surface area contributed by atoms with Gasteiger partial charge in [-0.25, -0.2) is 0 Å². The van der Waals surface area contributed by atoms with Crippen LogP contribution >= 0.6 is 0 Å². The number of aliphatic hydroxyl groups is 1. The fourth-order valence-electron chi connectivity index (χ4n) is 2.87. The normalized spacial score (nSPS) is 20.4. The third kappa shape index (κ3) is 5.46. The van der Waals surface area contributed by atoms with Crippen LogP contribution in [0.5, 0.6) is 5.75 Å². The van der Waals surface area contributed by atoms with E-state index in [1.54, 1.807) is 4.90 Å². The van der Waals surface area contributed by atoms with Gasteiger partial charge in [-0.15, -0.1) is 0 Å². The quantitative estimate of drug-likeness (QED) is 0.796. The van der Waals surface area contributed by atoms with E-state index in [2.05, 4.69) is 24.7 Å². The number of benzene rings is 1. The summed E-state index contributed by atoms with van der Waals surface area (Å²) in [6.45, 7) is 4.96. The predicted octanol–water partition coefficient (Wildman–Crippen LogP) is 2.10. The van der Waals surface area contributed by atoms with E-state index >= 15 is 0 Å². The Labute approximate surface area is 148 Å². The summed E-state index contributed by atoms with van der Waals surface area (Å²) in [6, 6.07) is 7.87. The van der Waals surface area contributed by atoms with E-state index in [1.807, 2.05) is 18.2 Å². The second kappa shape index (κ2) is 8.85. The van der Waals surface area contributed by atoms with E-state index < -0.39 is 12.1 Å². The van der Waals surface area contributed by atoms with Crippen molar-refractivity contribution in [2.45, 2.75) is 51.2 Å². The number of piperidine rings is 1. The zero-order chi connectivity index (χ0) is 18.4. The highest BCUT2D eigenvalue weighted by Crippen LogP contribution is 2.24. The molecule has 0 radical (unpaired) electrons. The average Bonchev–Trinajstić information content (AvgIpc) is 2.61. The van der Waals surface area contributed by atoms with Crippen molar-refractivity contribution < 1.29 is 24.2 Å². The first-order chi connectivity index (χ1) is 11.9. The second-order valence-corrected chi connectivity index (χ2v) is 6.66. The lowest BCUT2D eigenvalue weighted by atomic mass is 10.0. The van der Waals surface area contributed by atoms with Gasteiger partial charge in [-0.05, 0) is 23.6 Å². The molecule has 1 heterocycles. The van der Waals surface area contributed by atoms with Crippen LogP contribution in [0.4, 0.5) is 0 Å². The van der Waals surface area contributed by atoms with Crippen LogP contribution < -0.4 is 4.74 Å². The number of β-amino-alcohol motifs (C(OH)–C–C–N with tert-alkyl or cyclic N) is 1. The molecule has 0 spiro atoms. The summed E-state index contributed by atoms with van der Waals surface area (Å²) in [4.78, 5) is 24.8. The highest BCUT2D eigenvalue weighted by atomic mass is 16.5. The van der Waals surface area contributed by atoms with Gasteiger partial charge in [0.05, 0.1) is 20.1 Å². The predicted molar refractivity (Wildman–Crippen MR) is 93.4 cm³/mol. The van der Waals surface area contributed by atoms with E-state index in [4.69, 9.17) is 4.74 Å². The SMILES string of the molecule is COC(=O)CCC(=O)N1CC[C@@H](Oc2cccc(C(C)C)c2)[C@H](O)C1. The van der Waals surface area contributed by atoms with Crippen LogP contribution in [0.25, 0.3) is 0 Å². The van der Waals surface area contributed by atoms with E-state index in [9.17, 15) is 14.7 Å². The van der Waals surface area contributed by atoms with Crippen LogP contribution in [0.3, 0.4) is 0 Å². The second-order valence-electron chi connectivity index (χ2n) is 6.66. The highest BCUT2D eigenvalue weighted by Gasteiger charge is 2.31. The number of aliphatic hydroxyl groups excluding tert-OH is 1. The first kappa shape index (κ1) is 19.2. The van der Waals surface area contributed by atoms with Crippen molar-refractivity contribution in [1.29, 1.82) is 0 Å². The summed E-state index contributed by atoms with van der Waals surface area (Å²) >= 11 is 0. The number of nitrogens with zero attached hydrogens (tertiary/aromatic N) is 1. The summed E-state index contributed by atoms with van der Waals surface area (Å²) in [7, 11) is 1.30. The summed E-state index contributed by atoms with van der Waals surface area (Å²) in [5.74, 6) is 0.588. The number of rotatable bonds is 6. The molecular weight excluding hydrogens is 322 g/mol. The molecule has 1 aromatic carbocycles. The Morgan fingerprint density at radius 3 is 2.72 bits per heavy atom. The maximum absolute atomic E-state index is 12.1. The van der Waals surface area contributed by atoms with Crippen molar-refractivity contribution in [3.63, 3.8) is 0 Å². The molecule has 0 aromatic heterocycles. The minimum atomic E-state index is -0.751. The van der Waals surface area contributed by atoms with Crippen LogP contribution in [0.1, 0.15) is 44.6 Å². The van der Waals surface area contributed by atoms with Gasteiger partial charge >= 0.3 is 5.97 Å². The number of esters is 1. The monoisotopic (exact) mass is 349 g/mol. The van der Waals surface area contributed by atoms with Crippen LogP contribution in [-0.4, -0.2) is 54.3 Å². The standard InChI is InChI=1S/C19H27NO5/c1-13(2)14-5-4-6-15(11-14)25-17-9-10-20(12-16(17)21)18(22)7-8-19(23)24-3/h4-6,11,13,16-17,21H,7-10,12H2,1-3H3/t16-,17-/m1/s1. The molecule has 1 amide bonds. The van der Waals surface area contributed by atoms with Crippen LogP contribution in [0, 0.1) is 0 Å². The molecule has 1 fully saturated rings. The number of ether oxygens (including phenoxy) is 2. The smallest absolute Gasteiger partial charge is 0.306 e. The van der Waals surface area contributed by atoms with Gasteiger partial charge in [0.2, 0.25) is 5.91 Å². The molecule has 1 aromatic rings. The minimum Gasteiger partial charge on any atom is -0.488 e. The van der Waals surface area contributed by atoms with E-state index in [0.717, 1.165) is 5.75 Å². The first-order valence-corrected chi connectivity index (χ1v) is 8.70. The molecule has 1 aliphatic heterocycles. The molecule has 0 saturated carbocycles. The Kier molecular flexibility index (Phi) is 6.82. The molecule has 2 atom stereocenters. The first-order valence-electron chi connectivity index (χ1n) is 8.70. The highest BCUT2D eigenvalue weighted by molar-refractivity contribution is 5.81. The number of hydrogen-bond acceptors (Lipinski definition) is 5. The molecule has 1 saturated heterocycles. The molecule has 1 N–H and O–H groups in total. The maximum Gasteiger partial charge on any atom is 0.306 e. The summed E-state index contributed by atoms with van der Waals surface area (Å²) in [5.41, 5.74) is 1.18. The topological polar surface area (TPSA) is 76.1 Å². The van der Waals surface area contributed by atoms with E-state index in [1.165, 1.54) is 12.7 Å². The molecule has 25 heavy (non-hydrogen) atoms. The Morgan fingerprint density at radius 2 is 2.08 bits per heavy atom. The Hall–Kier alpha value is -2.08. The van der Waals surface area contributed by atoms with Crippen molar-refractivity contribution >= 4 is 11.9 Å². The van der Waals surface area contributed by atoms with Gasteiger partial charge in [-0.3, -0.25) is 9.59 Å². The molecule has 138 valence electrons. The molecular formula is C19H27NO5. The summed E-state index contributed by atoms with van der Waals surface area (Å²) in [6.07, 6.45) is -0.381. The molecule has 2 rings (SSSR count). The van der Waals surface area contributed by atoms with Gasteiger partial charge < -0.3 is 19.5 Å². The third-order valence-electron chi connectivity index (χ3n) is 4.46. The van der Waals surface area contributed by atoms with Gasteiger partial charge in [-0.2, -0.15) is 0 Å². The van der Waals surface area contributed by atoms with E-state index in [0.29, 0.717) is 18.9 Å². The van der Waals surface area contributed by atoms with E-state index in [-0.39, 0.29) is 31.4 Å². The van der Waals surface area contributed by atoms with Gasteiger partial charge in [0.1, 0.15) is 18.0 Å². The number of amides is 1. The van der Waals surface area contributed by atoms with Crippen molar-refractivity contribution in [3.8, 4) is 5.75 Å². The van der Waals surface area contributed by atoms with Crippen molar-refractivity contribution in [3.05, 3.63) is 29.8 Å². The zero-order valence-electron chi connectivity index (χ0n) is 15.1. The molecule has 6 nitrogen and oxygen atoms in total. The lowest BCUT2D eigenvalue weighted by molar-refractivity contribution is -0.145. The fourth-order valence-corrected chi connectivity index (χ4v) is 2.87. The molecule has 0 unspecified atom stereocenters. The average molecular weight is 349 g/mol. The lowest BCUT2D eigenvalue weighted by Crippen LogP contribution is -2.51. The Bertz CT molecular complexity index is 601. The Balaban J connectivity index is 1.88. The molecule has 0 aliphatic carbocycles. The van der Waals surface area contributed by atoms with Crippen LogP contribution in [0.2, 0.25) is 0 Å². The van der Waals surface area contributed by atoms with Crippen molar-refractivity contribution in [2.24, 2.45) is 0 Å². The van der Waals surface area contributed by atoms with Crippen LogP contribution in [0.15, 0.2) is 24.3 Å². The van der Waals surface area contributed by atoms with Gasteiger partial charge in [0.15, 0.2) is 0 Å². The maximum atomic E-state index is 12.1. The molecule has 0 bridgehead atoms. The molecule has 6 heteroatoms. The third-order valence-corrected chi connectivity index (χ3v) is 4.46. The number of methoxy groups -OCH3 is 1. The number of hydrogen-bond donors (Lipinski definition) is 1. The van der Waals surface area contributed by atoms with Crippen molar-refractivity contribution in [1.82, 2.24) is 4.90 Å². The number of likely N-dealkylation sites (tertiary alicyclic amines) is 1. The molecule has 1 aliphatic rings. The van der Waals surface area contributed by atoms with Gasteiger partial charge in [0, 0.05) is 19.4 Å². The Morgan fingerprint density at radius 1 is 1.32 bits per heavy atom. The van der Waals surface area contributed by atoms with Crippen LogP contribution in [-0.2, 0) is 14.3 Å². The minimum absolute atomic E-state index is 0.0594. The number of carbonyl (C=O) groups is 2. The largest absolute Gasteiger partial charge is 0.488 e. The van der Waals surface area contributed by atoms with Gasteiger partial charge in [-0.1, -0.05) is 26.0 Å². The summed E-state index contributed by atoms with van der Waals surface area (Å²) in [5, 5.41) is 10.3. The van der Waals surface area contributed by atoms with Crippen molar-refractivity contribution in [2.75, 3.05) is 20.2 Å². The van der Waals surface area contributed by atoms with Gasteiger partial charge in [0.25, 0.3) is 0 Å². The zero-order valence-corrected chi connectivity index (χ0v) is 15.1.